The van der Waals surface area contributed by atoms with Gasteiger partial charge in [-0.25, -0.2) is 9.59 Å². The van der Waals surface area contributed by atoms with Gasteiger partial charge in [0.15, 0.2) is 0 Å². The molecule has 0 aliphatic carbocycles. The minimum absolute atomic E-state index is 0.343. The Hall–Kier alpha value is -2.03. The van der Waals surface area contributed by atoms with Crippen LogP contribution in [-0.2, 0) is 19.1 Å². The lowest BCUT2D eigenvalue weighted by Gasteiger charge is -2.25. The fraction of sp³-hybridized carbons (Fsp3) is 0.667. The topological polar surface area (TPSA) is 81.7 Å². The van der Waals surface area contributed by atoms with Crippen LogP contribution in [0.15, 0.2) is 0 Å². The first kappa shape index (κ1) is 19.0. The molecule has 1 amide bonds. The van der Waals surface area contributed by atoms with Crippen molar-refractivity contribution in [3.63, 3.8) is 0 Å². The van der Waals surface area contributed by atoms with Crippen molar-refractivity contribution in [2.24, 2.45) is 0 Å². The fourth-order valence-electron chi connectivity index (χ4n) is 1.26. The van der Waals surface area contributed by atoms with Gasteiger partial charge in [-0.3, -0.25) is 4.79 Å². The predicted octanol–water partition coefficient (Wildman–Crippen LogP) is 1.81. The third kappa shape index (κ3) is 9.50. The number of amides is 1. The van der Waals surface area contributed by atoms with Crippen molar-refractivity contribution in [1.29, 1.82) is 0 Å². The van der Waals surface area contributed by atoms with Gasteiger partial charge in [-0.1, -0.05) is 0 Å². The first-order valence-electron chi connectivity index (χ1n) is 6.56. The standard InChI is InChI=1S/C15H23NO5/c1-8-10(17)9-11(12(18)20-14(2,3)4)16-13(19)21-15(5,6)7/h1,11H,9H2,2-7H3,(H,16,19)/t11-/m0/s1. The molecule has 0 aromatic rings. The van der Waals surface area contributed by atoms with Crippen molar-refractivity contribution in [3.05, 3.63) is 0 Å². The predicted molar refractivity (Wildman–Crippen MR) is 77.5 cm³/mol. The summed E-state index contributed by atoms with van der Waals surface area (Å²) in [5.41, 5.74) is -1.47. The molecule has 0 saturated carbocycles. The lowest BCUT2D eigenvalue weighted by molar-refractivity contribution is -0.158. The van der Waals surface area contributed by atoms with Gasteiger partial charge >= 0.3 is 12.1 Å². The summed E-state index contributed by atoms with van der Waals surface area (Å²) >= 11 is 0. The van der Waals surface area contributed by atoms with Gasteiger partial charge in [0.2, 0.25) is 5.78 Å². The van der Waals surface area contributed by atoms with Crippen molar-refractivity contribution < 1.29 is 23.9 Å². The Balaban J connectivity index is 4.91. The summed E-state index contributed by atoms with van der Waals surface area (Å²) in [7, 11) is 0. The molecule has 0 radical (unpaired) electrons. The Labute approximate surface area is 125 Å². The maximum Gasteiger partial charge on any atom is 0.408 e. The van der Waals surface area contributed by atoms with Crippen molar-refractivity contribution in [2.45, 2.75) is 65.2 Å². The maximum atomic E-state index is 12.0. The van der Waals surface area contributed by atoms with E-state index in [9.17, 15) is 14.4 Å². The number of carbonyl (C=O) groups is 3. The number of Topliss-reactive ketones (excluding diaryl/α,β-unsaturated/α-hetero) is 1. The molecule has 1 atom stereocenters. The average Bonchev–Trinajstić information content (AvgIpc) is 2.22. The van der Waals surface area contributed by atoms with Crippen LogP contribution in [-0.4, -0.2) is 35.1 Å². The summed E-state index contributed by atoms with van der Waals surface area (Å²) < 4.78 is 10.2. The van der Waals surface area contributed by atoms with E-state index in [1.54, 1.807) is 41.5 Å². The minimum Gasteiger partial charge on any atom is -0.458 e. The van der Waals surface area contributed by atoms with E-state index in [1.165, 1.54) is 0 Å². The molecular weight excluding hydrogens is 274 g/mol. The van der Waals surface area contributed by atoms with Crippen LogP contribution in [0.1, 0.15) is 48.0 Å². The van der Waals surface area contributed by atoms with Gasteiger partial charge in [-0.2, -0.15) is 0 Å². The average molecular weight is 297 g/mol. The van der Waals surface area contributed by atoms with Crippen molar-refractivity contribution in [3.8, 4) is 12.3 Å². The van der Waals surface area contributed by atoms with Crippen LogP contribution >= 0.6 is 0 Å². The fourth-order valence-corrected chi connectivity index (χ4v) is 1.26. The highest BCUT2D eigenvalue weighted by atomic mass is 16.6. The van der Waals surface area contributed by atoms with Crippen LogP contribution in [0.5, 0.6) is 0 Å². The molecule has 0 unspecified atom stereocenters. The van der Waals surface area contributed by atoms with Gasteiger partial charge < -0.3 is 14.8 Å². The van der Waals surface area contributed by atoms with E-state index in [4.69, 9.17) is 15.9 Å². The van der Waals surface area contributed by atoms with E-state index in [0.29, 0.717) is 0 Å². The zero-order valence-electron chi connectivity index (χ0n) is 13.4. The molecule has 21 heavy (non-hydrogen) atoms. The third-order valence-electron chi connectivity index (χ3n) is 1.93. The number of hydrogen-bond donors (Lipinski definition) is 1. The van der Waals surface area contributed by atoms with E-state index >= 15 is 0 Å². The third-order valence-corrected chi connectivity index (χ3v) is 1.93. The van der Waals surface area contributed by atoms with E-state index in [2.05, 4.69) is 5.32 Å². The zero-order chi connectivity index (χ0) is 16.8. The van der Waals surface area contributed by atoms with Crippen LogP contribution in [0, 0.1) is 12.3 Å². The first-order valence-corrected chi connectivity index (χ1v) is 6.56. The zero-order valence-corrected chi connectivity index (χ0v) is 13.4. The summed E-state index contributed by atoms with van der Waals surface area (Å²) in [6.07, 6.45) is 3.83. The Morgan fingerprint density at radius 1 is 1.05 bits per heavy atom. The number of esters is 1. The molecule has 0 bridgehead atoms. The van der Waals surface area contributed by atoms with Crippen LogP contribution in [0.3, 0.4) is 0 Å². The number of carbonyl (C=O) groups excluding carboxylic acids is 3. The summed E-state index contributed by atoms with van der Waals surface area (Å²) in [5.74, 6) is 0.548. The van der Waals surface area contributed by atoms with Gasteiger partial charge in [0.25, 0.3) is 0 Å². The number of ketones is 1. The highest BCUT2D eigenvalue weighted by molar-refractivity contribution is 5.98. The Morgan fingerprint density at radius 3 is 1.90 bits per heavy atom. The molecule has 118 valence electrons. The number of terminal acetylenes is 1. The normalized spacial score (nSPS) is 12.8. The van der Waals surface area contributed by atoms with Crippen molar-refractivity contribution >= 4 is 17.8 Å². The molecule has 0 heterocycles. The molecule has 6 nitrogen and oxygen atoms in total. The largest absolute Gasteiger partial charge is 0.458 e. The molecular formula is C15H23NO5. The Morgan fingerprint density at radius 2 is 1.52 bits per heavy atom. The van der Waals surface area contributed by atoms with E-state index < -0.39 is 35.1 Å². The second kappa shape index (κ2) is 7.11. The van der Waals surface area contributed by atoms with Crippen molar-refractivity contribution in [2.75, 3.05) is 0 Å². The summed E-state index contributed by atoms with van der Waals surface area (Å²) in [5, 5.41) is 2.31. The second-order valence-electron chi connectivity index (χ2n) is 6.50. The highest BCUT2D eigenvalue weighted by Crippen LogP contribution is 2.11. The monoisotopic (exact) mass is 297 g/mol. The van der Waals surface area contributed by atoms with Gasteiger partial charge in [-0.15, -0.1) is 6.42 Å². The number of nitrogens with one attached hydrogen (secondary N) is 1. The van der Waals surface area contributed by atoms with Gasteiger partial charge in [0.1, 0.15) is 17.2 Å². The molecule has 0 aromatic carbocycles. The lowest BCUT2D eigenvalue weighted by Crippen LogP contribution is -2.46. The maximum absolute atomic E-state index is 12.0. The molecule has 0 saturated heterocycles. The van der Waals surface area contributed by atoms with Crippen molar-refractivity contribution in [1.82, 2.24) is 5.32 Å². The lowest BCUT2D eigenvalue weighted by atomic mass is 10.1. The minimum atomic E-state index is -1.18. The van der Waals surface area contributed by atoms with E-state index in [-0.39, 0.29) is 6.42 Å². The molecule has 1 N–H and O–H groups in total. The van der Waals surface area contributed by atoms with Gasteiger partial charge in [0.05, 0.1) is 0 Å². The molecule has 0 fully saturated rings. The molecule has 0 rings (SSSR count). The highest BCUT2D eigenvalue weighted by Gasteiger charge is 2.30. The molecule has 0 aliphatic rings. The van der Waals surface area contributed by atoms with Gasteiger partial charge in [0, 0.05) is 6.42 Å². The molecule has 0 spiro atoms. The SMILES string of the molecule is C#CC(=O)C[C@H](NC(=O)OC(C)(C)C)C(=O)OC(C)(C)C. The number of alkyl carbamates (subject to hydrolysis) is 1. The van der Waals surface area contributed by atoms with Crippen LogP contribution in [0.25, 0.3) is 0 Å². The second-order valence-corrected chi connectivity index (χ2v) is 6.50. The van der Waals surface area contributed by atoms with Crippen LogP contribution in [0.4, 0.5) is 4.79 Å². The van der Waals surface area contributed by atoms with Gasteiger partial charge in [-0.05, 0) is 47.5 Å². The Bertz CT molecular complexity index is 448. The number of ether oxygens (including phenoxy) is 2. The number of rotatable bonds is 4. The van der Waals surface area contributed by atoms with E-state index in [0.717, 1.165) is 0 Å². The van der Waals surface area contributed by atoms with Crippen LogP contribution < -0.4 is 5.32 Å². The summed E-state index contributed by atoms with van der Waals surface area (Å²) in [4.78, 5) is 35.0. The Kier molecular flexibility index (Phi) is 6.43. The van der Waals surface area contributed by atoms with E-state index in [1.807, 2.05) is 5.92 Å². The first-order chi connectivity index (χ1) is 9.34. The summed E-state index contributed by atoms with van der Waals surface area (Å²) in [6.45, 7) is 10.1. The molecule has 0 aromatic heterocycles. The smallest absolute Gasteiger partial charge is 0.408 e. The quantitative estimate of drug-likeness (QED) is 0.486. The number of hydrogen-bond acceptors (Lipinski definition) is 5. The molecule has 6 heteroatoms. The summed E-state index contributed by atoms with van der Waals surface area (Å²) in [6, 6.07) is -1.18. The molecule has 0 aliphatic heterocycles. The van der Waals surface area contributed by atoms with Crippen LogP contribution in [0.2, 0.25) is 0 Å².